The maximum atomic E-state index is 11.6. The quantitative estimate of drug-likeness (QED) is 0.800. The molecule has 0 aliphatic rings. The summed E-state index contributed by atoms with van der Waals surface area (Å²) in [5.41, 5.74) is 2.13. The van der Waals surface area contributed by atoms with Crippen molar-refractivity contribution in [3.63, 3.8) is 0 Å². The summed E-state index contributed by atoms with van der Waals surface area (Å²) in [7, 11) is 5.41. The predicted octanol–water partition coefficient (Wildman–Crippen LogP) is 0.295. The van der Waals surface area contributed by atoms with Crippen LogP contribution in [0.25, 0.3) is 0 Å². The molecule has 1 amide bonds. The molecule has 5 heteroatoms. The van der Waals surface area contributed by atoms with Crippen LogP contribution in [0.3, 0.4) is 0 Å². The Morgan fingerprint density at radius 2 is 2.25 bits per heavy atom. The molecule has 1 aromatic rings. The molecule has 1 atom stereocenters. The fourth-order valence-electron chi connectivity index (χ4n) is 1.56. The van der Waals surface area contributed by atoms with E-state index in [-0.39, 0.29) is 11.9 Å². The van der Waals surface area contributed by atoms with Crippen molar-refractivity contribution in [3.8, 4) is 0 Å². The van der Waals surface area contributed by atoms with Crippen LogP contribution >= 0.6 is 0 Å². The molecule has 90 valence electrons. The van der Waals surface area contributed by atoms with Crippen LogP contribution in [0.4, 0.5) is 0 Å². The fraction of sp³-hybridized carbons (Fsp3) is 0.636. The van der Waals surface area contributed by atoms with Gasteiger partial charge in [0.2, 0.25) is 5.91 Å². The molecule has 0 aromatic carbocycles. The Balaban J connectivity index is 2.52. The maximum Gasteiger partial charge on any atom is 0.238 e. The third kappa shape index (κ3) is 3.06. The number of aryl methyl sites for hydroxylation is 2. The van der Waals surface area contributed by atoms with E-state index in [2.05, 4.69) is 10.4 Å². The standard InChI is InChI=1S/C11H20N4O/c1-8-10(7-15(5)13-8)6-12-9(2)11(16)14(3)4/h7,9,12H,6H2,1-5H3. The zero-order valence-electron chi connectivity index (χ0n) is 10.6. The van der Waals surface area contributed by atoms with Crippen LogP contribution in [0.15, 0.2) is 6.20 Å². The Morgan fingerprint density at radius 3 is 2.69 bits per heavy atom. The minimum Gasteiger partial charge on any atom is -0.347 e. The van der Waals surface area contributed by atoms with Crippen LogP contribution in [-0.4, -0.2) is 40.7 Å². The first-order valence-corrected chi connectivity index (χ1v) is 5.35. The molecule has 0 aliphatic heterocycles. The highest BCUT2D eigenvalue weighted by atomic mass is 16.2. The van der Waals surface area contributed by atoms with Gasteiger partial charge in [-0.3, -0.25) is 9.48 Å². The summed E-state index contributed by atoms with van der Waals surface area (Å²) in [6.45, 7) is 4.50. The summed E-state index contributed by atoms with van der Waals surface area (Å²) in [5.74, 6) is 0.0848. The molecular formula is C11H20N4O. The molecule has 1 aromatic heterocycles. The summed E-state index contributed by atoms with van der Waals surface area (Å²) in [6, 6.07) is -0.172. The maximum absolute atomic E-state index is 11.6. The van der Waals surface area contributed by atoms with Gasteiger partial charge in [-0.1, -0.05) is 0 Å². The molecule has 0 bridgehead atoms. The largest absolute Gasteiger partial charge is 0.347 e. The van der Waals surface area contributed by atoms with E-state index in [4.69, 9.17) is 0 Å². The van der Waals surface area contributed by atoms with Gasteiger partial charge in [-0.05, 0) is 13.8 Å². The van der Waals surface area contributed by atoms with E-state index in [1.54, 1.807) is 23.7 Å². The molecule has 5 nitrogen and oxygen atoms in total. The molecule has 0 fully saturated rings. The molecule has 1 rings (SSSR count). The zero-order chi connectivity index (χ0) is 12.3. The third-order valence-electron chi connectivity index (χ3n) is 2.53. The summed E-state index contributed by atoms with van der Waals surface area (Å²) in [4.78, 5) is 13.2. The Kier molecular flexibility index (Phi) is 4.06. The van der Waals surface area contributed by atoms with Crippen LogP contribution in [0, 0.1) is 6.92 Å². The zero-order valence-corrected chi connectivity index (χ0v) is 10.6. The van der Waals surface area contributed by atoms with Gasteiger partial charge in [0.25, 0.3) is 0 Å². The predicted molar refractivity (Wildman–Crippen MR) is 62.9 cm³/mol. The first-order chi connectivity index (χ1) is 7.41. The second kappa shape index (κ2) is 5.12. The van der Waals surface area contributed by atoms with Gasteiger partial charge in [0.05, 0.1) is 11.7 Å². The third-order valence-corrected chi connectivity index (χ3v) is 2.53. The number of nitrogens with one attached hydrogen (secondary N) is 1. The van der Waals surface area contributed by atoms with Gasteiger partial charge in [0, 0.05) is 39.4 Å². The van der Waals surface area contributed by atoms with Crippen LogP contribution in [0.2, 0.25) is 0 Å². The topological polar surface area (TPSA) is 50.2 Å². The van der Waals surface area contributed by atoms with Gasteiger partial charge in [-0.15, -0.1) is 0 Å². The molecule has 1 heterocycles. The molecule has 1 unspecified atom stereocenters. The summed E-state index contributed by atoms with van der Waals surface area (Å²) >= 11 is 0. The number of nitrogens with zero attached hydrogens (tertiary/aromatic N) is 3. The number of rotatable bonds is 4. The van der Waals surface area contributed by atoms with Gasteiger partial charge in [-0.25, -0.2) is 0 Å². The highest BCUT2D eigenvalue weighted by Gasteiger charge is 2.14. The summed E-state index contributed by atoms with van der Waals surface area (Å²) in [6.07, 6.45) is 1.97. The van der Waals surface area contributed by atoms with E-state index >= 15 is 0 Å². The van der Waals surface area contributed by atoms with Crippen molar-refractivity contribution in [2.24, 2.45) is 7.05 Å². The summed E-state index contributed by atoms with van der Waals surface area (Å²) in [5, 5.41) is 7.44. The monoisotopic (exact) mass is 224 g/mol. The molecule has 0 radical (unpaired) electrons. The van der Waals surface area contributed by atoms with Crippen LogP contribution in [0.5, 0.6) is 0 Å². The number of amides is 1. The van der Waals surface area contributed by atoms with Crippen molar-refractivity contribution < 1.29 is 4.79 Å². The second-order valence-electron chi connectivity index (χ2n) is 4.25. The van der Waals surface area contributed by atoms with Crippen molar-refractivity contribution in [1.82, 2.24) is 20.0 Å². The normalized spacial score (nSPS) is 12.6. The lowest BCUT2D eigenvalue weighted by atomic mass is 10.2. The van der Waals surface area contributed by atoms with E-state index in [1.165, 1.54) is 0 Å². The van der Waals surface area contributed by atoms with Crippen molar-refractivity contribution in [2.75, 3.05) is 14.1 Å². The minimum absolute atomic E-state index is 0.0848. The Bertz CT molecular complexity index is 370. The highest BCUT2D eigenvalue weighted by Crippen LogP contribution is 2.04. The average molecular weight is 224 g/mol. The molecular weight excluding hydrogens is 204 g/mol. The van der Waals surface area contributed by atoms with Gasteiger partial charge >= 0.3 is 0 Å². The van der Waals surface area contributed by atoms with Crippen LogP contribution < -0.4 is 5.32 Å². The highest BCUT2D eigenvalue weighted by molar-refractivity contribution is 5.80. The van der Waals surface area contributed by atoms with Crippen molar-refractivity contribution >= 4 is 5.91 Å². The first kappa shape index (κ1) is 12.7. The van der Waals surface area contributed by atoms with E-state index in [1.807, 2.05) is 27.1 Å². The van der Waals surface area contributed by atoms with E-state index in [0.29, 0.717) is 6.54 Å². The van der Waals surface area contributed by atoms with Crippen molar-refractivity contribution in [2.45, 2.75) is 26.4 Å². The van der Waals surface area contributed by atoms with E-state index < -0.39 is 0 Å². The lowest BCUT2D eigenvalue weighted by Crippen LogP contribution is -2.41. The fourth-order valence-corrected chi connectivity index (χ4v) is 1.56. The second-order valence-corrected chi connectivity index (χ2v) is 4.25. The first-order valence-electron chi connectivity index (χ1n) is 5.35. The molecule has 0 saturated heterocycles. The number of hydrogen-bond donors (Lipinski definition) is 1. The lowest BCUT2D eigenvalue weighted by molar-refractivity contribution is -0.130. The minimum atomic E-state index is -0.172. The number of aromatic nitrogens is 2. The molecule has 0 saturated carbocycles. The number of hydrogen-bond acceptors (Lipinski definition) is 3. The molecule has 1 N–H and O–H groups in total. The Labute approximate surface area is 96.4 Å². The molecule has 0 spiro atoms. The number of carbonyl (C=O) groups is 1. The summed E-state index contributed by atoms with van der Waals surface area (Å²) < 4.78 is 1.78. The smallest absolute Gasteiger partial charge is 0.238 e. The van der Waals surface area contributed by atoms with Gasteiger partial charge in [0.1, 0.15) is 0 Å². The van der Waals surface area contributed by atoms with Crippen LogP contribution in [-0.2, 0) is 18.4 Å². The Morgan fingerprint density at radius 1 is 1.62 bits per heavy atom. The number of likely N-dealkylation sites (N-methyl/N-ethyl adjacent to an activating group) is 1. The van der Waals surface area contributed by atoms with Crippen molar-refractivity contribution in [3.05, 3.63) is 17.5 Å². The molecule has 0 aliphatic carbocycles. The van der Waals surface area contributed by atoms with E-state index in [0.717, 1.165) is 11.3 Å². The SMILES string of the molecule is Cc1nn(C)cc1CNC(C)C(=O)N(C)C. The lowest BCUT2D eigenvalue weighted by Gasteiger charge is -2.17. The Hall–Kier alpha value is -1.36. The van der Waals surface area contributed by atoms with Crippen molar-refractivity contribution in [1.29, 1.82) is 0 Å². The van der Waals surface area contributed by atoms with E-state index in [9.17, 15) is 4.79 Å². The molecule has 16 heavy (non-hydrogen) atoms. The number of carbonyl (C=O) groups excluding carboxylic acids is 1. The van der Waals surface area contributed by atoms with Crippen LogP contribution in [0.1, 0.15) is 18.2 Å². The van der Waals surface area contributed by atoms with Gasteiger partial charge in [0.15, 0.2) is 0 Å². The van der Waals surface area contributed by atoms with Gasteiger partial charge in [-0.2, -0.15) is 5.10 Å². The van der Waals surface area contributed by atoms with Gasteiger partial charge < -0.3 is 10.2 Å². The average Bonchev–Trinajstić information content (AvgIpc) is 2.52.